The molecule has 0 saturated heterocycles. The maximum Gasteiger partial charge on any atom is 0.347 e. The van der Waals surface area contributed by atoms with Crippen molar-refractivity contribution in [2.45, 2.75) is 20.8 Å². The molecule has 0 fully saturated rings. The van der Waals surface area contributed by atoms with Crippen molar-refractivity contribution in [3.8, 4) is 17.1 Å². The van der Waals surface area contributed by atoms with Crippen molar-refractivity contribution < 1.29 is 13.9 Å². The maximum absolute atomic E-state index is 13.0. The minimum absolute atomic E-state index is 0.0758. The van der Waals surface area contributed by atoms with E-state index in [4.69, 9.17) is 9.15 Å². The molecule has 0 unspecified atom stereocenters. The highest BCUT2D eigenvalue weighted by atomic mass is 32.1. The highest BCUT2D eigenvalue weighted by Crippen LogP contribution is 2.30. The minimum atomic E-state index is -0.655. The quantitative estimate of drug-likeness (QED) is 0.336. The lowest BCUT2D eigenvalue weighted by Gasteiger charge is -2.07. The molecule has 176 valence electrons. The summed E-state index contributed by atoms with van der Waals surface area (Å²) in [5, 5.41) is 3.82. The zero-order valence-corrected chi connectivity index (χ0v) is 20.0. The molecular formula is C26H21N3O5S. The average Bonchev–Trinajstić information content (AvgIpc) is 3.16. The zero-order valence-electron chi connectivity index (χ0n) is 19.2. The molecule has 0 spiro atoms. The lowest BCUT2D eigenvalue weighted by molar-refractivity contribution is 0.103. The smallest absolute Gasteiger partial charge is 0.347 e. The van der Waals surface area contributed by atoms with Gasteiger partial charge >= 0.3 is 5.63 Å². The number of fused-ring (bicyclic) bond motifs is 2. The first-order valence-corrected chi connectivity index (χ1v) is 11.8. The molecule has 0 aliphatic carbocycles. The van der Waals surface area contributed by atoms with Crippen LogP contribution >= 0.6 is 11.3 Å². The third-order valence-electron chi connectivity index (χ3n) is 5.56. The van der Waals surface area contributed by atoms with Crippen molar-refractivity contribution >= 4 is 44.1 Å². The topological polar surface area (TPSA) is 114 Å². The van der Waals surface area contributed by atoms with Gasteiger partial charge in [-0.1, -0.05) is 24.3 Å². The molecular weight excluding hydrogens is 466 g/mol. The Morgan fingerprint density at radius 2 is 1.94 bits per heavy atom. The van der Waals surface area contributed by atoms with Crippen LogP contribution in [0.4, 0.5) is 5.69 Å². The van der Waals surface area contributed by atoms with Gasteiger partial charge in [0.2, 0.25) is 0 Å². The Balaban J connectivity index is 1.59. The van der Waals surface area contributed by atoms with Crippen LogP contribution in [0.15, 0.2) is 62.5 Å². The van der Waals surface area contributed by atoms with Crippen molar-refractivity contribution in [2.24, 2.45) is 0 Å². The van der Waals surface area contributed by atoms with Gasteiger partial charge in [-0.15, -0.1) is 11.3 Å². The van der Waals surface area contributed by atoms with Crippen LogP contribution in [0.5, 0.6) is 5.75 Å². The number of thiophene rings is 1. The summed E-state index contributed by atoms with van der Waals surface area (Å²) in [6.07, 6.45) is 0. The standard InChI is InChI=1S/C26H21N3O5S/c1-4-33-18-10-6-8-15-12-17(26(32)34-20(15)18)22-28-23(30)19-14(3)21(35-25(19)29-22)24(31)27-16-9-5-7-13(2)11-16/h5-12H,4H2,1-3H3,(H,27,31)(H,28,29,30). The molecule has 3 aromatic heterocycles. The third kappa shape index (κ3) is 4.10. The van der Waals surface area contributed by atoms with Crippen molar-refractivity contribution in [2.75, 3.05) is 11.9 Å². The van der Waals surface area contributed by atoms with Crippen LogP contribution < -0.4 is 21.2 Å². The van der Waals surface area contributed by atoms with Gasteiger partial charge in [-0.3, -0.25) is 9.59 Å². The molecule has 0 bridgehead atoms. The van der Waals surface area contributed by atoms with Crippen LogP contribution in [0, 0.1) is 13.8 Å². The average molecular weight is 488 g/mol. The van der Waals surface area contributed by atoms with Gasteiger partial charge < -0.3 is 19.5 Å². The normalized spacial score (nSPS) is 11.2. The van der Waals surface area contributed by atoms with Gasteiger partial charge in [0.15, 0.2) is 11.3 Å². The highest BCUT2D eigenvalue weighted by molar-refractivity contribution is 7.20. The Hall–Kier alpha value is -4.24. The zero-order chi connectivity index (χ0) is 24.7. The van der Waals surface area contributed by atoms with Crippen molar-refractivity contribution in [3.63, 3.8) is 0 Å². The van der Waals surface area contributed by atoms with Crippen molar-refractivity contribution in [3.05, 3.63) is 85.3 Å². The molecule has 0 aliphatic heterocycles. The molecule has 9 heteroatoms. The summed E-state index contributed by atoms with van der Waals surface area (Å²) in [7, 11) is 0. The van der Waals surface area contributed by atoms with Gasteiger partial charge in [-0.25, -0.2) is 9.78 Å². The number of ether oxygens (including phenoxy) is 1. The van der Waals surface area contributed by atoms with Crippen molar-refractivity contribution in [1.29, 1.82) is 0 Å². The number of para-hydroxylation sites is 1. The largest absolute Gasteiger partial charge is 0.490 e. The summed E-state index contributed by atoms with van der Waals surface area (Å²) in [6, 6.07) is 14.4. The second kappa shape index (κ2) is 8.84. The summed E-state index contributed by atoms with van der Waals surface area (Å²) in [5.74, 6) is 0.210. The molecule has 2 aromatic carbocycles. The Morgan fingerprint density at radius 1 is 1.14 bits per heavy atom. The Kier molecular flexibility index (Phi) is 5.70. The molecule has 35 heavy (non-hydrogen) atoms. The van der Waals surface area contributed by atoms with E-state index in [1.54, 1.807) is 37.3 Å². The van der Waals surface area contributed by atoms with E-state index in [-0.39, 0.29) is 17.3 Å². The number of H-pyrrole nitrogens is 1. The number of aromatic nitrogens is 2. The van der Waals surface area contributed by atoms with E-state index in [2.05, 4.69) is 15.3 Å². The minimum Gasteiger partial charge on any atom is -0.490 e. The van der Waals surface area contributed by atoms with E-state index in [1.807, 2.05) is 32.0 Å². The second-order valence-corrected chi connectivity index (χ2v) is 9.03. The first-order chi connectivity index (χ1) is 16.9. The summed E-state index contributed by atoms with van der Waals surface area (Å²) in [5.41, 5.74) is 1.56. The number of benzene rings is 2. The number of aromatic amines is 1. The lowest BCUT2D eigenvalue weighted by Crippen LogP contribution is -2.14. The van der Waals surface area contributed by atoms with Gasteiger partial charge in [0, 0.05) is 11.1 Å². The van der Waals surface area contributed by atoms with Gasteiger partial charge in [0.25, 0.3) is 11.5 Å². The molecule has 5 aromatic rings. The van der Waals surface area contributed by atoms with Gasteiger partial charge in [0.1, 0.15) is 16.2 Å². The van der Waals surface area contributed by atoms with E-state index >= 15 is 0 Å². The molecule has 0 radical (unpaired) electrons. The second-order valence-electron chi connectivity index (χ2n) is 8.03. The molecule has 8 nitrogen and oxygen atoms in total. The molecule has 1 amide bonds. The summed E-state index contributed by atoms with van der Waals surface area (Å²) >= 11 is 1.10. The molecule has 2 N–H and O–H groups in total. The van der Waals surface area contributed by atoms with E-state index in [0.717, 1.165) is 16.9 Å². The Morgan fingerprint density at radius 3 is 2.71 bits per heavy atom. The molecule has 0 saturated carbocycles. The fraction of sp³-hybridized carbons (Fsp3) is 0.154. The number of nitrogens with one attached hydrogen (secondary N) is 2. The monoisotopic (exact) mass is 487 g/mol. The number of rotatable bonds is 5. The molecule has 3 heterocycles. The lowest BCUT2D eigenvalue weighted by atomic mass is 10.1. The van der Waals surface area contributed by atoms with Crippen LogP contribution in [-0.4, -0.2) is 22.5 Å². The van der Waals surface area contributed by atoms with Crippen LogP contribution in [0.3, 0.4) is 0 Å². The number of carbonyl (C=O) groups excluding carboxylic acids is 1. The van der Waals surface area contributed by atoms with Crippen LogP contribution in [0.1, 0.15) is 27.7 Å². The first kappa shape index (κ1) is 22.5. The first-order valence-electron chi connectivity index (χ1n) is 11.0. The fourth-order valence-corrected chi connectivity index (χ4v) is 5.03. The number of aryl methyl sites for hydroxylation is 2. The molecule has 0 aliphatic rings. The SMILES string of the molecule is CCOc1cccc2cc(-c3nc4sc(C(=O)Nc5cccc(C)c5)c(C)c4c(=O)[nH]3)c(=O)oc12. The number of amides is 1. The van der Waals surface area contributed by atoms with Crippen molar-refractivity contribution in [1.82, 2.24) is 9.97 Å². The number of anilines is 1. The van der Waals surface area contributed by atoms with Crippen LogP contribution in [-0.2, 0) is 0 Å². The predicted molar refractivity (Wildman–Crippen MR) is 137 cm³/mol. The number of hydrogen-bond acceptors (Lipinski definition) is 7. The van der Waals surface area contributed by atoms with Crippen LogP contribution in [0.2, 0.25) is 0 Å². The predicted octanol–water partition coefficient (Wildman–Crippen LogP) is 5.03. The number of carbonyl (C=O) groups is 1. The molecule has 5 rings (SSSR count). The van der Waals surface area contributed by atoms with E-state index < -0.39 is 11.2 Å². The Bertz CT molecular complexity index is 1730. The van der Waals surface area contributed by atoms with E-state index in [1.165, 1.54) is 0 Å². The maximum atomic E-state index is 13.0. The summed E-state index contributed by atoms with van der Waals surface area (Å²) < 4.78 is 11.1. The highest BCUT2D eigenvalue weighted by Gasteiger charge is 2.21. The van der Waals surface area contributed by atoms with Gasteiger partial charge in [0.05, 0.1) is 16.9 Å². The van der Waals surface area contributed by atoms with E-state index in [9.17, 15) is 14.4 Å². The summed E-state index contributed by atoms with van der Waals surface area (Å²) in [4.78, 5) is 46.7. The van der Waals surface area contributed by atoms with Gasteiger partial charge in [-0.2, -0.15) is 0 Å². The molecule has 0 atom stereocenters. The number of hydrogen-bond donors (Lipinski definition) is 2. The number of nitrogens with zero attached hydrogens (tertiary/aromatic N) is 1. The van der Waals surface area contributed by atoms with E-state index in [0.29, 0.717) is 49.7 Å². The van der Waals surface area contributed by atoms with Crippen LogP contribution in [0.25, 0.3) is 32.6 Å². The van der Waals surface area contributed by atoms with Gasteiger partial charge in [-0.05, 0) is 56.2 Å². The third-order valence-corrected chi connectivity index (χ3v) is 6.75. The Labute approximate surface area is 203 Å². The summed E-state index contributed by atoms with van der Waals surface area (Å²) in [6.45, 7) is 5.91. The fourth-order valence-electron chi connectivity index (χ4n) is 3.95.